The van der Waals surface area contributed by atoms with Crippen LogP contribution in [0.4, 0.5) is 14.6 Å². The highest BCUT2D eigenvalue weighted by molar-refractivity contribution is 5.76. The fourth-order valence-electron chi connectivity index (χ4n) is 3.26. The van der Waals surface area contributed by atoms with Gasteiger partial charge in [0.2, 0.25) is 0 Å². The topological polar surface area (TPSA) is 97.0 Å². The smallest absolute Gasteiger partial charge is 0.330 e. The third kappa shape index (κ3) is 2.31. The van der Waals surface area contributed by atoms with E-state index in [4.69, 9.17) is 5.73 Å². The second-order valence-corrected chi connectivity index (χ2v) is 6.44. The Morgan fingerprint density at radius 3 is 2.71 bits per heavy atom. The zero-order valence-electron chi connectivity index (χ0n) is 12.8. The van der Waals surface area contributed by atoms with Crippen LogP contribution in [0.1, 0.15) is 18.9 Å². The number of fused-ring (bicyclic) bond motifs is 1. The van der Waals surface area contributed by atoms with Gasteiger partial charge in [-0.2, -0.15) is 0 Å². The average molecular weight is 337 g/mol. The molecule has 2 fully saturated rings. The van der Waals surface area contributed by atoms with Crippen molar-refractivity contribution in [2.24, 2.45) is 11.7 Å². The number of hydrogen-bond donors (Lipinski definition) is 2. The molecule has 3 heterocycles. The molecule has 4 rings (SSSR count). The summed E-state index contributed by atoms with van der Waals surface area (Å²) in [4.78, 5) is 32.0. The summed E-state index contributed by atoms with van der Waals surface area (Å²) in [5.41, 5.74) is 4.46. The van der Waals surface area contributed by atoms with Gasteiger partial charge in [0.15, 0.2) is 17.3 Å². The lowest BCUT2D eigenvalue weighted by Crippen LogP contribution is -2.31. The van der Waals surface area contributed by atoms with Gasteiger partial charge in [-0.15, -0.1) is 0 Å². The Balaban J connectivity index is 1.89. The molecule has 0 spiro atoms. The molecule has 2 unspecified atom stereocenters. The van der Waals surface area contributed by atoms with Crippen molar-refractivity contribution >= 4 is 16.9 Å². The number of nitrogens with zero attached hydrogens (tertiary/aromatic N) is 3. The van der Waals surface area contributed by atoms with Gasteiger partial charge in [-0.25, -0.2) is 18.6 Å². The fourth-order valence-corrected chi connectivity index (χ4v) is 3.26. The van der Waals surface area contributed by atoms with E-state index < -0.39 is 23.2 Å². The molecular weight excluding hydrogens is 320 g/mol. The highest BCUT2D eigenvalue weighted by Crippen LogP contribution is 2.35. The van der Waals surface area contributed by atoms with Crippen LogP contribution in [0.5, 0.6) is 0 Å². The number of alkyl halides is 1. The molecule has 1 aliphatic heterocycles. The number of pyridine rings is 1. The van der Waals surface area contributed by atoms with E-state index in [1.54, 1.807) is 0 Å². The van der Waals surface area contributed by atoms with Crippen molar-refractivity contribution in [3.05, 3.63) is 32.7 Å². The second kappa shape index (κ2) is 5.37. The molecule has 2 aromatic rings. The zero-order chi connectivity index (χ0) is 17.0. The first-order chi connectivity index (χ1) is 11.5. The van der Waals surface area contributed by atoms with Gasteiger partial charge in [0.05, 0.1) is 11.9 Å². The third-order valence-electron chi connectivity index (χ3n) is 4.72. The van der Waals surface area contributed by atoms with Crippen molar-refractivity contribution in [3.8, 4) is 0 Å². The molecule has 0 amide bonds. The summed E-state index contributed by atoms with van der Waals surface area (Å²) in [6.07, 6.45) is 0.457. The van der Waals surface area contributed by atoms with E-state index in [-0.39, 0.29) is 48.4 Å². The summed E-state index contributed by atoms with van der Waals surface area (Å²) in [6, 6.07) is 1.03. The minimum Gasteiger partial charge on any atom is -0.351 e. The first-order valence-corrected chi connectivity index (χ1v) is 7.93. The van der Waals surface area contributed by atoms with E-state index in [0.29, 0.717) is 0 Å². The SMILES string of the molecule is NCC1CN(c2nc3c(cc2F)c(=O)[nH]c(=O)n3C2CC2)CC1F. The van der Waals surface area contributed by atoms with Crippen LogP contribution < -0.4 is 21.9 Å². The molecule has 2 aromatic heterocycles. The number of hydrogen-bond acceptors (Lipinski definition) is 5. The maximum absolute atomic E-state index is 14.5. The largest absolute Gasteiger partial charge is 0.351 e. The second-order valence-electron chi connectivity index (χ2n) is 6.44. The van der Waals surface area contributed by atoms with Gasteiger partial charge in [-0.1, -0.05) is 0 Å². The maximum atomic E-state index is 14.5. The van der Waals surface area contributed by atoms with Crippen molar-refractivity contribution in [1.82, 2.24) is 14.5 Å². The van der Waals surface area contributed by atoms with E-state index in [1.807, 2.05) is 0 Å². The molecule has 0 radical (unpaired) electrons. The Kier molecular flexibility index (Phi) is 3.41. The molecule has 1 saturated carbocycles. The van der Waals surface area contributed by atoms with Crippen LogP contribution in [0, 0.1) is 11.7 Å². The lowest BCUT2D eigenvalue weighted by molar-refractivity contribution is 0.289. The Labute approximate surface area is 135 Å². The van der Waals surface area contributed by atoms with E-state index in [0.717, 1.165) is 18.9 Å². The predicted octanol–water partition coefficient (Wildman–Crippen LogP) is 0.292. The van der Waals surface area contributed by atoms with Crippen LogP contribution in [0.2, 0.25) is 0 Å². The van der Waals surface area contributed by atoms with Gasteiger partial charge < -0.3 is 10.6 Å². The molecule has 128 valence electrons. The average Bonchev–Trinajstić information content (AvgIpc) is 3.29. The van der Waals surface area contributed by atoms with Gasteiger partial charge in [-0.3, -0.25) is 14.3 Å². The maximum Gasteiger partial charge on any atom is 0.330 e. The number of nitrogens with one attached hydrogen (secondary N) is 1. The van der Waals surface area contributed by atoms with Crippen molar-refractivity contribution < 1.29 is 8.78 Å². The summed E-state index contributed by atoms with van der Waals surface area (Å²) in [5.74, 6) is -1.13. The van der Waals surface area contributed by atoms with Gasteiger partial charge in [0.1, 0.15) is 6.17 Å². The van der Waals surface area contributed by atoms with Crippen LogP contribution in [0.3, 0.4) is 0 Å². The molecule has 7 nitrogen and oxygen atoms in total. The number of anilines is 1. The summed E-state index contributed by atoms with van der Waals surface area (Å²) in [5, 5.41) is 0.0223. The quantitative estimate of drug-likeness (QED) is 0.839. The molecule has 0 aromatic carbocycles. The third-order valence-corrected chi connectivity index (χ3v) is 4.72. The van der Waals surface area contributed by atoms with E-state index >= 15 is 0 Å². The van der Waals surface area contributed by atoms with Crippen LogP contribution in [0.15, 0.2) is 15.7 Å². The van der Waals surface area contributed by atoms with Crippen LogP contribution in [-0.4, -0.2) is 40.3 Å². The Morgan fingerprint density at radius 1 is 1.33 bits per heavy atom. The Bertz CT molecular complexity index is 920. The number of rotatable bonds is 3. The monoisotopic (exact) mass is 337 g/mol. The van der Waals surface area contributed by atoms with Gasteiger partial charge >= 0.3 is 5.69 Å². The highest BCUT2D eigenvalue weighted by Gasteiger charge is 2.35. The number of aromatic amines is 1. The fraction of sp³-hybridized carbons (Fsp3) is 0.533. The minimum atomic E-state index is -1.16. The number of aromatic nitrogens is 3. The zero-order valence-corrected chi connectivity index (χ0v) is 12.8. The lowest BCUT2D eigenvalue weighted by atomic mass is 10.1. The van der Waals surface area contributed by atoms with Crippen LogP contribution in [-0.2, 0) is 0 Å². The first kappa shape index (κ1) is 15.3. The molecule has 0 bridgehead atoms. The van der Waals surface area contributed by atoms with Crippen LogP contribution in [0.25, 0.3) is 11.0 Å². The van der Waals surface area contributed by atoms with Gasteiger partial charge in [0, 0.05) is 18.5 Å². The summed E-state index contributed by atoms with van der Waals surface area (Å²) < 4.78 is 29.8. The van der Waals surface area contributed by atoms with Crippen molar-refractivity contribution in [1.29, 1.82) is 0 Å². The van der Waals surface area contributed by atoms with E-state index in [1.165, 1.54) is 9.47 Å². The van der Waals surface area contributed by atoms with Crippen molar-refractivity contribution in [2.45, 2.75) is 25.1 Å². The van der Waals surface area contributed by atoms with Gasteiger partial charge in [-0.05, 0) is 25.5 Å². The summed E-state index contributed by atoms with van der Waals surface area (Å²) in [6.45, 7) is 0.414. The van der Waals surface area contributed by atoms with Crippen molar-refractivity contribution in [3.63, 3.8) is 0 Å². The normalized spacial score (nSPS) is 24.0. The minimum absolute atomic E-state index is 0.00581. The predicted molar refractivity (Wildman–Crippen MR) is 84.5 cm³/mol. The van der Waals surface area contributed by atoms with E-state index in [9.17, 15) is 18.4 Å². The van der Waals surface area contributed by atoms with E-state index in [2.05, 4.69) is 9.97 Å². The molecule has 1 saturated heterocycles. The summed E-state index contributed by atoms with van der Waals surface area (Å²) in [7, 11) is 0. The molecule has 2 atom stereocenters. The van der Waals surface area contributed by atoms with Gasteiger partial charge in [0.25, 0.3) is 5.56 Å². The molecule has 9 heteroatoms. The first-order valence-electron chi connectivity index (χ1n) is 7.93. The Hall–Kier alpha value is -2.29. The molecule has 24 heavy (non-hydrogen) atoms. The van der Waals surface area contributed by atoms with Crippen molar-refractivity contribution in [2.75, 3.05) is 24.5 Å². The standard InChI is InChI=1S/C15H17F2N5O2/c16-10-3-9-12(22(8-1-2-8)15(24)20-14(9)23)19-13(10)21-5-7(4-18)11(17)6-21/h3,7-8,11H,1-2,4-6,18H2,(H,20,23,24). The molecule has 3 N–H and O–H groups in total. The summed E-state index contributed by atoms with van der Waals surface area (Å²) >= 11 is 0. The molecular formula is C15H17F2N5O2. The number of halogens is 2. The molecule has 1 aliphatic carbocycles. The highest BCUT2D eigenvalue weighted by atomic mass is 19.1. The number of nitrogens with two attached hydrogens (primary N) is 1. The van der Waals surface area contributed by atoms with Crippen LogP contribution >= 0.6 is 0 Å². The molecule has 2 aliphatic rings. The lowest BCUT2D eigenvalue weighted by Gasteiger charge is -2.19. The number of H-pyrrole nitrogens is 1. The Morgan fingerprint density at radius 2 is 2.08 bits per heavy atom.